The average molecular weight is 239 g/mol. The van der Waals surface area contributed by atoms with Gasteiger partial charge in [0.1, 0.15) is 11.5 Å². The van der Waals surface area contributed by atoms with Crippen LogP contribution in [0.2, 0.25) is 0 Å². The molecule has 0 N–H and O–H groups in total. The summed E-state index contributed by atoms with van der Waals surface area (Å²) in [5, 5.41) is 0. The summed E-state index contributed by atoms with van der Waals surface area (Å²) >= 11 is 0. The molecule has 1 heterocycles. The van der Waals surface area contributed by atoms with E-state index < -0.39 is 0 Å². The molecule has 0 spiro atoms. The minimum atomic E-state index is -0.329. The van der Waals surface area contributed by atoms with Gasteiger partial charge in [-0.1, -0.05) is 13.8 Å². The van der Waals surface area contributed by atoms with Crippen LogP contribution in [0.15, 0.2) is 6.20 Å². The van der Waals surface area contributed by atoms with Crippen molar-refractivity contribution in [3.8, 4) is 0 Å². The zero-order valence-electron chi connectivity index (χ0n) is 11.1. The van der Waals surface area contributed by atoms with Gasteiger partial charge in [0.05, 0.1) is 13.3 Å². The molecule has 96 valence electrons. The number of esters is 1. The Balaban J connectivity index is 2.76. The van der Waals surface area contributed by atoms with Crippen molar-refractivity contribution in [2.75, 3.05) is 26.7 Å². The molecular formula is C12H21N3O2. The molecule has 17 heavy (non-hydrogen) atoms. The molecule has 0 unspecified atom stereocenters. The van der Waals surface area contributed by atoms with Gasteiger partial charge in [-0.25, -0.2) is 9.78 Å². The summed E-state index contributed by atoms with van der Waals surface area (Å²) in [6.45, 7) is 9.85. The van der Waals surface area contributed by atoms with Gasteiger partial charge >= 0.3 is 5.97 Å². The Morgan fingerprint density at radius 2 is 2.12 bits per heavy atom. The lowest BCUT2D eigenvalue weighted by atomic mass is 10.4. The average Bonchev–Trinajstić information content (AvgIpc) is 2.71. The number of hydrogen-bond acceptors (Lipinski definition) is 4. The Morgan fingerprint density at radius 1 is 1.47 bits per heavy atom. The summed E-state index contributed by atoms with van der Waals surface area (Å²) in [6, 6.07) is 0. The Morgan fingerprint density at radius 3 is 2.65 bits per heavy atom. The molecule has 0 atom stereocenters. The molecule has 0 aliphatic carbocycles. The number of methoxy groups -OCH3 is 1. The number of likely N-dealkylation sites (N-methyl/N-ethyl adjacent to an activating group) is 1. The van der Waals surface area contributed by atoms with E-state index in [1.807, 2.05) is 11.5 Å². The largest absolute Gasteiger partial charge is 0.464 e. The molecule has 5 nitrogen and oxygen atoms in total. The van der Waals surface area contributed by atoms with E-state index in [-0.39, 0.29) is 5.97 Å². The fourth-order valence-corrected chi connectivity index (χ4v) is 1.80. The van der Waals surface area contributed by atoms with Gasteiger partial charge in [-0.05, 0) is 20.0 Å². The second kappa shape index (κ2) is 6.39. The molecule has 5 heteroatoms. The van der Waals surface area contributed by atoms with Gasteiger partial charge < -0.3 is 14.2 Å². The molecule has 0 amide bonds. The summed E-state index contributed by atoms with van der Waals surface area (Å²) in [5.74, 6) is 0.516. The smallest absolute Gasteiger partial charge is 0.356 e. The van der Waals surface area contributed by atoms with Crippen LogP contribution in [0.4, 0.5) is 0 Å². The third kappa shape index (κ3) is 3.30. The Hall–Kier alpha value is -1.36. The number of nitrogens with zero attached hydrogens (tertiary/aromatic N) is 3. The SMILES string of the molecule is CCN(CC)CCn1c(C(=O)OC)cnc1C. The number of aromatic nitrogens is 2. The van der Waals surface area contributed by atoms with Gasteiger partial charge in [-0.3, -0.25) is 0 Å². The lowest BCUT2D eigenvalue weighted by molar-refractivity contribution is 0.0587. The van der Waals surface area contributed by atoms with Gasteiger partial charge in [-0.15, -0.1) is 0 Å². The second-order valence-electron chi connectivity index (χ2n) is 3.86. The minimum absolute atomic E-state index is 0.329. The third-order valence-electron chi connectivity index (χ3n) is 2.98. The molecule has 1 aromatic heterocycles. The highest BCUT2D eigenvalue weighted by atomic mass is 16.5. The van der Waals surface area contributed by atoms with Crippen molar-refractivity contribution in [3.05, 3.63) is 17.7 Å². The van der Waals surface area contributed by atoms with E-state index in [1.165, 1.54) is 7.11 Å². The number of ether oxygens (including phenoxy) is 1. The lowest BCUT2D eigenvalue weighted by Gasteiger charge is -2.19. The lowest BCUT2D eigenvalue weighted by Crippen LogP contribution is -2.28. The molecule has 1 aromatic rings. The first-order chi connectivity index (χ1) is 8.13. The van der Waals surface area contributed by atoms with Crippen molar-refractivity contribution in [1.82, 2.24) is 14.5 Å². The summed E-state index contributed by atoms with van der Waals surface area (Å²) < 4.78 is 6.64. The number of rotatable bonds is 6. The van der Waals surface area contributed by atoms with Crippen LogP contribution in [0.3, 0.4) is 0 Å². The summed E-state index contributed by atoms with van der Waals surface area (Å²) in [5.41, 5.74) is 0.525. The van der Waals surface area contributed by atoms with E-state index in [0.717, 1.165) is 32.0 Å². The predicted octanol–water partition coefficient (Wildman–Crippen LogP) is 1.32. The van der Waals surface area contributed by atoms with E-state index in [0.29, 0.717) is 5.69 Å². The first-order valence-electron chi connectivity index (χ1n) is 5.96. The van der Waals surface area contributed by atoms with Crippen molar-refractivity contribution in [2.24, 2.45) is 0 Å². The normalized spacial score (nSPS) is 10.9. The molecule has 0 aromatic carbocycles. The number of imidazole rings is 1. The molecule has 1 rings (SSSR count). The van der Waals surface area contributed by atoms with Crippen LogP contribution >= 0.6 is 0 Å². The van der Waals surface area contributed by atoms with Crippen LogP contribution in [0.1, 0.15) is 30.2 Å². The summed E-state index contributed by atoms with van der Waals surface area (Å²) in [4.78, 5) is 18.0. The number of carbonyl (C=O) groups is 1. The standard InChI is InChI=1S/C12H21N3O2/c1-5-14(6-2)7-8-15-10(3)13-9-11(15)12(16)17-4/h9H,5-8H2,1-4H3. The topological polar surface area (TPSA) is 47.4 Å². The van der Waals surface area contributed by atoms with Crippen LogP contribution in [0.25, 0.3) is 0 Å². The van der Waals surface area contributed by atoms with E-state index in [4.69, 9.17) is 4.74 Å². The van der Waals surface area contributed by atoms with Gasteiger partial charge in [0.2, 0.25) is 0 Å². The highest BCUT2D eigenvalue weighted by molar-refractivity contribution is 5.87. The fourth-order valence-electron chi connectivity index (χ4n) is 1.80. The van der Waals surface area contributed by atoms with E-state index >= 15 is 0 Å². The second-order valence-corrected chi connectivity index (χ2v) is 3.86. The van der Waals surface area contributed by atoms with Crippen molar-refractivity contribution in [3.63, 3.8) is 0 Å². The number of hydrogen-bond donors (Lipinski definition) is 0. The van der Waals surface area contributed by atoms with Crippen LogP contribution < -0.4 is 0 Å². The van der Waals surface area contributed by atoms with Crippen molar-refractivity contribution in [2.45, 2.75) is 27.3 Å². The Kier molecular flexibility index (Phi) is 5.15. The maximum absolute atomic E-state index is 11.5. The van der Waals surface area contributed by atoms with Gasteiger partial charge in [0, 0.05) is 13.1 Å². The molecule has 0 saturated heterocycles. The third-order valence-corrected chi connectivity index (χ3v) is 2.98. The predicted molar refractivity (Wildman–Crippen MR) is 66.1 cm³/mol. The molecule has 0 saturated carbocycles. The first-order valence-corrected chi connectivity index (χ1v) is 5.96. The van der Waals surface area contributed by atoms with Crippen molar-refractivity contribution in [1.29, 1.82) is 0 Å². The minimum Gasteiger partial charge on any atom is -0.464 e. The highest BCUT2D eigenvalue weighted by Gasteiger charge is 2.14. The molecule has 0 fully saturated rings. The quantitative estimate of drug-likeness (QED) is 0.702. The van der Waals surface area contributed by atoms with E-state index in [9.17, 15) is 4.79 Å². The van der Waals surface area contributed by atoms with Gasteiger partial charge in [0.25, 0.3) is 0 Å². The molecule has 0 radical (unpaired) electrons. The first kappa shape index (κ1) is 13.7. The maximum atomic E-state index is 11.5. The van der Waals surface area contributed by atoms with E-state index in [1.54, 1.807) is 6.20 Å². The van der Waals surface area contributed by atoms with Crippen LogP contribution in [0.5, 0.6) is 0 Å². The summed E-state index contributed by atoms with van der Waals surface area (Å²) in [6.07, 6.45) is 1.57. The van der Waals surface area contributed by atoms with Crippen molar-refractivity contribution < 1.29 is 9.53 Å². The maximum Gasteiger partial charge on any atom is 0.356 e. The number of aryl methyl sites for hydroxylation is 1. The fraction of sp³-hybridized carbons (Fsp3) is 0.667. The monoisotopic (exact) mass is 239 g/mol. The summed E-state index contributed by atoms with van der Waals surface area (Å²) in [7, 11) is 1.39. The zero-order valence-corrected chi connectivity index (χ0v) is 11.1. The molecule has 0 aliphatic heterocycles. The van der Waals surface area contributed by atoms with Gasteiger partial charge in [0.15, 0.2) is 0 Å². The van der Waals surface area contributed by atoms with Crippen LogP contribution in [-0.4, -0.2) is 47.2 Å². The molecule has 0 bridgehead atoms. The Labute approximate surface area is 102 Å². The van der Waals surface area contributed by atoms with Crippen LogP contribution in [0, 0.1) is 6.92 Å². The highest BCUT2D eigenvalue weighted by Crippen LogP contribution is 2.06. The Bertz CT molecular complexity index is 370. The van der Waals surface area contributed by atoms with Crippen molar-refractivity contribution >= 4 is 5.97 Å². The van der Waals surface area contributed by atoms with E-state index in [2.05, 4.69) is 23.7 Å². The molecular weight excluding hydrogens is 218 g/mol. The molecule has 0 aliphatic rings. The van der Waals surface area contributed by atoms with Gasteiger partial charge in [-0.2, -0.15) is 0 Å². The van der Waals surface area contributed by atoms with Crippen LogP contribution in [-0.2, 0) is 11.3 Å². The zero-order chi connectivity index (χ0) is 12.8. The number of carbonyl (C=O) groups excluding carboxylic acids is 1.